The molecule has 19 heavy (non-hydrogen) atoms. The molecule has 0 bridgehead atoms. The van der Waals surface area contributed by atoms with Crippen molar-refractivity contribution >= 4 is 23.9 Å². The fraction of sp³-hybridized carbons (Fsp3) is 0.154. The lowest BCUT2D eigenvalue weighted by atomic mass is 10.1. The molecule has 1 aromatic rings. The van der Waals surface area contributed by atoms with Gasteiger partial charge >= 0.3 is 5.97 Å². The van der Waals surface area contributed by atoms with Crippen LogP contribution in [0.1, 0.15) is 15.9 Å². The lowest BCUT2D eigenvalue weighted by Gasteiger charge is -2.04. The number of hydrogen-bond donors (Lipinski definition) is 3. The van der Waals surface area contributed by atoms with Crippen LogP contribution in [0.25, 0.3) is 6.08 Å². The summed E-state index contributed by atoms with van der Waals surface area (Å²) in [7, 11) is 1.48. The van der Waals surface area contributed by atoms with E-state index in [1.807, 2.05) is 0 Å². The van der Waals surface area contributed by atoms with Gasteiger partial charge in [0, 0.05) is 18.7 Å². The van der Waals surface area contributed by atoms with Crippen molar-refractivity contribution < 1.29 is 19.5 Å². The molecule has 1 aromatic carbocycles. The van der Waals surface area contributed by atoms with Crippen LogP contribution in [-0.2, 0) is 9.59 Å². The van der Waals surface area contributed by atoms with Crippen molar-refractivity contribution in [3.63, 3.8) is 0 Å². The summed E-state index contributed by atoms with van der Waals surface area (Å²) in [5.41, 5.74) is 0.950. The minimum absolute atomic E-state index is 0.107. The highest BCUT2D eigenvalue weighted by Gasteiger charge is 2.07. The van der Waals surface area contributed by atoms with Crippen molar-refractivity contribution in [2.24, 2.45) is 0 Å². The number of rotatable bonds is 5. The monoisotopic (exact) mass is 262 g/mol. The molecule has 6 nitrogen and oxygen atoms in total. The van der Waals surface area contributed by atoms with Crippen LogP contribution in [0.2, 0.25) is 0 Å². The van der Waals surface area contributed by atoms with Gasteiger partial charge in [0.1, 0.15) is 0 Å². The molecule has 0 fully saturated rings. The normalized spacial score (nSPS) is 10.2. The van der Waals surface area contributed by atoms with Crippen LogP contribution in [0.5, 0.6) is 0 Å². The van der Waals surface area contributed by atoms with E-state index in [1.165, 1.54) is 13.1 Å². The lowest BCUT2D eigenvalue weighted by Crippen LogP contribution is -2.35. The molecule has 6 heteroatoms. The second-order valence-electron chi connectivity index (χ2n) is 3.65. The summed E-state index contributed by atoms with van der Waals surface area (Å²) in [6.45, 7) is -0.107. The second kappa shape index (κ2) is 6.95. The summed E-state index contributed by atoms with van der Waals surface area (Å²) in [6.07, 6.45) is 2.37. The molecule has 0 heterocycles. The Morgan fingerprint density at radius 1 is 1.32 bits per heavy atom. The topological polar surface area (TPSA) is 95.5 Å². The van der Waals surface area contributed by atoms with Crippen LogP contribution in [0, 0.1) is 0 Å². The van der Waals surface area contributed by atoms with E-state index in [4.69, 9.17) is 5.11 Å². The van der Waals surface area contributed by atoms with Gasteiger partial charge in [-0.15, -0.1) is 0 Å². The zero-order chi connectivity index (χ0) is 14.3. The summed E-state index contributed by atoms with van der Waals surface area (Å²) in [4.78, 5) is 33.1. The molecule has 0 aliphatic heterocycles. The van der Waals surface area contributed by atoms with E-state index in [0.717, 1.165) is 6.08 Å². The van der Waals surface area contributed by atoms with Crippen LogP contribution in [0.15, 0.2) is 30.3 Å². The Morgan fingerprint density at radius 2 is 2.05 bits per heavy atom. The SMILES string of the molecule is CNC(=O)CNC(=O)c1cccc(/C=C/C(=O)O)c1. The Bertz CT molecular complexity index is 523. The van der Waals surface area contributed by atoms with Crippen molar-refractivity contribution in [3.8, 4) is 0 Å². The van der Waals surface area contributed by atoms with E-state index < -0.39 is 11.9 Å². The van der Waals surface area contributed by atoms with E-state index in [-0.39, 0.29) is 12.5 Å². The molecule has 2 amide bonds. The lowest BCUT2D eigenvalue weighted by molar-refractivity contribution is -0.131. The number of nitrogens with one attached hydrogen (secondary N) is 2. The summed E-state index contributed by atoms with van der Waals surface area (Å²) >= 11 is 0. The number of amides is 2. The maximum atomic E-state index is 11.7. The number of hydrogen-bond acceptors (Lipinski definition) is 3. The van der Waals surface area contributed by atoms with E-state index in [1.54, 1.807) is 24.3 Å². The van der Waals surface area contributed by atoms with Crippen molar-refractivity contribution in [1.82, 2.24) is 10.6 Å². The van der Waals surface area contributed by atoms with Crippen LogP contribution >= 0.6 is 0 Å². The standard InChI is InChI=1S/C13H14N2O4/c1-14-11(16)8-15-13(19)10-4-2-3-9(7-10)5-6-12(17)18/h2-7H,8H2,1H3,(H,14,16)(H,15,19)(H,17,18)/b6-5+. The first kappa shape index (κ1) is 14.4. The van der Waals surface area contributed by atoms with Crippen molar-refractivity contribution in [2.75, 3.05) is 13.6 Å². The Labute approximate surface area is 110 Å². The van der Waals surface area contributed by atoms with E-state index in [9.17, 15) is 14.4 Å². The van der Waals surface area contributed by atoms with Crippen molar-refractivity contribution in [1.29, 1.82) is 0 Å². The quantitative estimate of drug-likeness (QED) is 0.663. The average molecular weight is 262 g/mol. The number of carbonyl (C=O) groups excluding carboxylic acids is 2. The molecular weight excluding hydrogens is 248 g/mol. The fourth-order valence-corrected chi connectivity index (χ4v) is 1.30. The zero-order valence-electron chi connectivity index (χ0n) is 10.3. The first-order valence-electron chi connectivity index (χ1n) is 5.53. The third-order valence-corrected chi connectivity index (χ3v) is 2.26. The predicted molar refractivity (Wildman–Crippen MR) is 69.5 cm³/mol. The Kier molecular flexibility index (Phi) is 5.28. The van der Waals surface area contributed by atoms with E-state index in [2.05, 4.69) is 10.6 Å². The van der Waals surface area contributed by atoms with Gasteiger partial charge in [-0.3, -0.25) is 9.59 Å². The largest absolute Gasteiger partial charge is 0.478 e. The van der Waals surface area contributed by atoms with Gasteiger partial charge in [-0.05, 0) is 23.8 Å². The molecule has 0 saturated carbocycles. The van der Waals surface area contributed by atoms with Crippen LogP contribution in [0.3, 0.4) is 0 Å². The highest BCUT2D eigenvalue weighted by atomic mass is 16.4. The van der Waals surface area contributed by atoms with Gasteiger partial charge in [-0.2, -0.15) is 0 Å². The predicted octanol–water partition coefficient (Wildman–Crippen LogP) is 0.260. The summed E-state index contributed by atoms with van der Waals surface area (Å²) in [5.74, 6) is -1.75. The fourth-order valence-electron chi connectivity index (χ4n) is 1.30. The van der Waals surface area contributed by atoms with E-state index >= 15 is 0 Å². The maximum absolute atomic E-state index is 11.7. The smallest absolute Gasteiger partial charge is 0.328 e. The zero-order valence-corrected chi connectivity index (χ0v) is 10.3. The molecule has 0 unspecified atom stereocenters. The minimum Gasteiger partial charge on any atom is -0.478 e. The minimum atomic E-state index is -1.06. The van der Waals surface area contributed by atoms with Gasteiger partial charge in [0.15, 0.2) is 0 Å². The molecule has 0 spiro atoms. The van der Waals surface area contributed by atoms with Gasteiger partial charge in [0.2, 0.25) is 5.91 Å². The average Bonchev–Trinajstić information content (AvgIpc) is 2.42. The maximum Gasteiger partial charge on any atom is 0.328 e. The molecule has 1 rings (SSSR count). The summed E-state index contributed by atoms with van der Waals surface area (Å²) in [6, 6.07) is 6.43. The molecule has 0 saturated heterocycles. The Morgan fingerprint density at radius 3 is 2.68 bits per heavy atom. The molecule has 0 radical (unpaired) electrons. The van der Waals surface area contributed by atoms with Gasteiger partial charge in [0.25, 0.3) is 5.91 Å². The number of carboxylic acid groups (broad SMARTS) is 1. The Balaban J connectivity index is 2.73. The Hall–Kier alpha value is -2.63. The number of carboxylic acids is 1. The van der Waals surface area contributed by atoms with Crippen LogP contribution < -0.4 is 10.6 Å². The first-order chi connectivity index (χ1) is 9.02. The molecule has 0 aromatic heterocycles. The molecule has 0 atom stereocenters. The van der Waals surface area contributed by atoms with Gasteiger partial charge in [-0.1, -0.05) is 12.1 Å². The van der Waals surface area contributed by atoms with Gasteiger partial charge in [-0.25, -0.2) is 4.79 Å². The number of carbonyl (C=O) groups is 3. The summed E-state index contributed by atoms with van der Waals surface area (Å²) in [5, 5.41) is 13.4. The van der Waals surface area contributed by atoms with Gasteiger partial charge < -0.3 is 15.7 Å². The van der Waals surface area contributed by atoms with Crippen molar-refractivity contribution in [2.45, 2.75) is 0 Å². The summed E-state index contributed by atoms with van der Waals surface area (Å²) < 4.78 is 0. The second-order valence-corrected chi connectivity index (χ2v) is 3.65. The highest BCUT2D eigenvalue weighted by molar-refractivity contribution is 5.97. The van der Waals surface area contributed by atoms with Crippen LogP contribution in [0.4, 0.5) is 0 Å². The number of likely N-dealkylation sites (N-methyl/N-ethyl adjacent to an activating group) is 1. The highest BCUT2D eigenvalue weighted by Crippen LogP contribution is 2.07. The number of benzene rings is 1. The first-order valence-corrected chi connectivity index (χ1v) is 5.53. The third kappa shape index (κ3) is 5.03. The third-order valence-electron chi connectivity index (χ3n) is 2.26. The van der Waals surface area contributed by atoms with Crippen LogP contribution in [-0.4, -0.2) is 36.5 Å². The van der Waals surface area contributed by atoms with Gasteiger partial charge in [0.05, 0.1) is 6.54 Å². The van der Waals surface area contributed by atoms with E-state index in [0.29, 0.717) is 11.1 Å². The number of aliphatic carboxylic acids is 1. The molecule has 0 aliphatic carbocycles. The molecule has 100 valence electrons. The molecule has 0 aliphatic rings. The molecule has 3 N–H and O–H groups in total. The molecular formula is C13H14N2O4. The van der Waals surface area contributed by atoms with Crippen molar-refractivity contribution in [3.05, 3.63) is 41.5 Å².